The Bertz CT molecular complexity index is 284. The van der Waals surface area contributed by atoms with Gasteiger partial charge in [-0.15, -0.1) is 0 Å². The zero-order valence-electron chi connectivity index (χ0n) is 9.90. The topological polar surface area (TPSA) is 69.7 Å². The lowest BCUT2D eigenvalue weighted by molar-refractivity contribution is -0.210. The highest BCUT2D eigenvalue weighted by Crippen LogP contribution is 2.06. The summed E-state index contributed by atoms with van der Waals surface area (Å²) < 4.78 is 26.5. The van der Waals surface area contributed by atoms with Crippen LogP contribution in [0.25, 0.3) is 0 Å². The maximum Gasteiger partial charge on any atom is 0.343 e. The fraction of sp³-hybridized carbons (Fsp3) is 0.900. The predicted molar refractivity (Wildman–Crippen MR) is 60.0 cm³/mol. The van der Waals surface area contributed by atoms with Crippen LogP contribution in [0, 0.1) is 0 Å². The SMILES string of the molecule is CCCCCCCS(=O)(=O)OOC(=O)CC. The average Bonchev–Trinajstić information content (AvgIpc) is 2.25. The molecule has 0 saturated heterocycles. The van der Waals surface area contributed by atoms with Crippen LogP contribution in [0.3, 0.4) is 0 Å². The Morgan fingerprint density at radius 1 is 1.06 bits per heavy atom. The number of rotatable bonds is 9. The number of carbonyl (C=O) groups is 1. The van der Waals surface area contributed by atoms with Gasteiger partial charge in [0.15, 0.2) is 0 Å². The van der Waals surface area contributed by atoms with Gasteiger partial charge in [0, 0.05) is 6.42 Å². The van der Waals surface area contributed by atoms with Crippen molar-refractivity contribution in [2.75, 3.05) is 5.75 Å². The molecule has 0 N–H and O–H groups in total. The Balaban J connectivity index is 3.67. The van der Waals surface area contributed by atoms with E-state index in [0.29, 0.717) is 6.42 Å². The van der Waals surface area contributed by atoms with Crippen molar-refractivity contribution in [3.63, 3.8) is 0 Å². The molecule has 0 bridgehead atoms. The molecule has 0 saturated carbocycles. The number of carbonyl (C=O) groups excluding carboxylic acids is 1. The predicted octanol–water partition coefficient (Wildman–Crippen LogP) is 2.17. The molecule has 16 heavy (non-hydrogen) atoms. The molecule has 0 rings (SSSR count). The largest absolute Gasteiger partial charge is 0.343 e. The second kappa shape index (κ2) is 8.52. The van der Waals surface area contributed by atoms with Crippen molar-refractivity contribution in [3.05, 3.63) is 0 Å². The van der Waals surface area contributed by atoms with Gasteiger partial charge in [0.2, 0.25) is 0 Å². The van der Waals surface area contributed by atoms with Crippen LogP contribution in [0.4, 0.5) is 0 Å². The molecular formula is C10H20O5S. The van der Waals surface area contributed by atoms with Crippen LogP contribution in [-0.4, -0.2) is 20.1 Å². The molecule has 5 nitrogen and oxygen atoms in total. The molecule has 0 heterocycles. The second-order valence-corrected chi connectivity index (χ2v) is 5.21. The zero-order chi connectivity index (χ0) is 12.4. The Hall–Kier alpha value is -0.620. The molecule has 0 aromatic rings. The van der Waals surface area contributed by atoms with Crippen molar-refractivity contribution in [3.8, 4) is 0 Å². The quantitative estimate of drug-likeness (QED) is 0.357. The van der Waals surface area contributed by atoms with Gasteiger partial charge in [0.25, 0.3) is 0 Å². The van der Waals surface area contributed by atoms with E-state index in [0.717, 1.165) is 25.7 Å². The maximum atomic E-state index is 11.2. The highest BCUT2D eigenvalue weighted by atomic mass is 32.2. The average molecular weight is 252 g/mol. The molecule has 0 aliphatic rings. The summed E-state index contributed by atoms with van der Waals surface area (Å²) in [4.78, 5) is 14.8. The Morgan fingerprint density at radius 3 is 2.25 bits per heavy atom. The van der Waals surface area contributed by atoms with Gasteiger partial charge in [-0.2, -0.15) is 8.42 Å². The molecule has 0 aromatic heterocycles. The minimum absolute atomic E-state index is 0.0893. The molecule has 0 spiro atoms. The fourth-order valence-corrected chi connectivity index (χ4v) is 1.87. The van der Waals surface area contributed by atoms with E-state index >= 15 is 0 Å². The first-order valence-electron chi connectivity index (χ1n) is 5.63. The molecule has 0 atom stereocenters. The molecule has 0 aliphatic heterocycles. The van der Waals surface area contributed by atoms with Gasteiger partial charge in [0.1, 0.15) is 0 Å². The number of hydrogen-bond donors (Lipinski definition) is 0. The van der Waals surface area contributed by atoms with Gasteiger partial charge < -0.3 is 0 Å². The lowest BCUT2D eigenvalue weighted by Gasteiger charge is -2.03. The summed E-state index contributed by atoms with van der Waals surface area (Å²) in [5.74, 6) is -0.789. The fourth-order valence-electron chi connectivity index (χ4n) is 1.07. The normalized spacial score (nSPS) is 11.4. The Labute approximate surface area is 97.2 Å². The van der Waals surface area contributed by atoms with Crippen LogP contribution in [0.2, 0.25) is 0 Å². The van der Waals surface area contributed by atoms with Crippen molar-refractivity contribution < 1.29 is 22.4 Å². The molecule has 0 amide bonds. The van der Waals surface area contributed by atoms with Crippen molar-refractivity contribution in [1.29, 1.82) is 0 Å². The van der Waals surface area contributed by atoms with Gasteiger partial charge in [-0.3, -0.25) is 4.89 Å². The van der Waals surface area contributed by atoms with E-state index in [1.54, 1.807) is 6.92 Å². The first-order valence-corrected chi connectivity index (χ1v) is 7.21. The van der Waals surface area contributed by atoms with Gasteiger partial charge in [-0.25, -0.2) is 4.79 Å². The summed E-state index contributed by atoms with van der Waals surface area (Å²) in [5, 5.41) is 0. The Morgan fingerprint density at radius 2 is 1.69 bits per heavy atom. The lowest BCUT2D eigenvalue weighted by atomic mass is 10.2. The molecule has 0 aliphatic carbocycles. The zero-order valence-corrected chi connectivity index (χ0v) is 10.7. The van der Waals surface area contributed by atoms with Crippen LogP contribution < -0.4 is 0 Å². The first kappa shape index (κ1) is 15.4. The van der Waals surface area contributed by atoms with E-state index < -0.39 is 16.1 Å². The molecule has 0 fully saturated rings. The standard InChI is InChI=1S/C10H20O5S/c1-3-5-6-7-8-9-16(12,13)15-14-10(11)4-2/h3-9H2,1-2H3. The van der Waals surface area contributed by atoms with E-state index in [9.17, 15) is 13.2 Å². The summed E-state index contributed by atoms with van der Waals surface area (Å²) in [6.07, 6.45) is 4.69. The summed E-state index contributed by atoms with van der Waals surface area (Å²) in [6, 6.07) is 0. The molecule has 6 heteroatoms. The van der Waals surface area contributed by atoms with E-state index in [1.165, 1.54) is 0 Å². The summed E-state index contributed by atoms with van der Waals surface area (Å²) >= 11 is 0. The third kappa shape index (κ3) is 8.67. The van der Waals surface area contributed by atoms with Crippen LogP contribution in [0.5, 0.6) is 0 Å². The van der Waals surface area contributed by atoms with Crippen molar-refractivity contribution >= 4 is 16.1 Å². The highest BCUT2D eigenvalue weighted by molar-refractivity contribution is 7.86. The van der Waals surface area contributed by atoms with E-state index in [4.69, 9.17) is 0 Å². The third-order valence-corrected chi connectivity index (χ3v) is 3.08. The summed E-state index contributed by atoms with van der Waals surface area (Å²) in [6.45, 7) is 3.65. The van der Waals surface area contributed by atoms with Crippen LogP contribution >= 0.6 is 0 Å². The Kier molecular flexibility index (Phi) is 8.19. The number of hydrogen-bond acceptors (Lipinski definition) is 5. The van der Waals surface area contributed by atoms with Gasteiger partial charge in [0.05, 0.1) is 5.75 Å². The van der Waals surface area contributed by atoms with Crippen molar-refractivity contribution in [1.82, 2.24) is 0 Å². The number of unbranched alkanes of at least 4 members (excludes halogenated alkanes) is 4. The van der Waals surface area contributed by atoms with Crippen LogP contribution in [0.1, 0.15) is 52.4 Å². The molecular weight excluding hydrogens is 232 g/mol. The maximum absolute atomic E-state index is 11.2. The molecule has 0 aromatic carbocycles. The van der Waals surface area contributed by atoms with Gasteiger partial charge >= 0.3 is 16.1 Å². The molecule has 96 valence electrons. The van der Waals surface area contributed by atoms with Crippen molar-refractivity contribution in [2.24, 2.45) is 0 Å². The third-order valence-electron chi connectivity index (χ3n) is 2.02. The summed E-state index contributed by atoms with van der Waals surface area (Å²) in [7, 11) is -3.72. The molecule has 0 radical (unpaired) electrons. The minimum atomic E-state index is -3.72. The monoisotopic (exact) mass is 252 g/mol. The first-order chi connectivity index (χ1) is 7.52. The van der Waals surface area contributed by atoms with Crippen LogP contribution in [0.15, 0.2) is 0 Å². The highest BCUT2D eigenvalue weighted by Gasteiger charge is 2.14. The van der Waals surface area contributed by atoms with Gasteiger partial charge in [-0.1, -0.05) is 43.9 Å². The van der Waals surface area contributed by atoms with Gasteiger partial charge in [-0.05, 0) is 6.42 Å². The molecule has 0 unspecified atom stereocenters. The minimum Gasteiger partial charge on any atom is -0.282 e. The smallest absolute Gasteiger partial charge is 0.282 e. The lowest BCUT2D eigenvalue weighted by Crippen LogP contribution is -2.14. The summed E-state index contributed by atoms with van der Waals surface area (Å²) in [5.41, 5.74) is 0. The van der Waals surface area contributed by atoms with Crippen molar-refractivity contribution in [2.45, 2.75) is 52.4 Å². The van der Waals surface area contributed by atoms with E-state index in [2.05, 4.69) is 16.1 Å². The van der Waals surface area contributed by atoms with E-state index in [-0.39, 0.29) is 12.2 Å². The van der Waals surface area contributed by atoms with E-state index in [1.807, 2.05) is 0 Å². The van der Waals surface area contributed by atoms with Crippen LogP contribution in [-0.2, 0) is 24.1 Å². The second-order valence-electron chi connectivity index (χ2n) is 3.55.